The minimum Gasteiger partial charge on any atom is -0.440 e. The molecule has 0 aliphatic heterocycles. The van der Waals surface area contributed by atoms with Crippen molar-refractivity contribution in [2.75, 3.05) is 13.1 Å². The summed E-state index contributed by atoms with van der Waals surface area (Å²) in [6.07, 6.45) is -1.80. The van der Waals surface area contributed by atoms with E-state index in [9.17, 15) is 22.7 Å². The summed E-state index contributed by atoms with van der Waals surface area (Å²) in [5.41, 5.74) is 5.49. The van der Waals surface area contributed by atoms with Crippen molar-refractivity contribution in [1.82, 2.24) is 4.31 Å². The Hall–Kier alpha value is -3.27. The first-order valence-corrected chi connectivity index (χ1v) is 14.0. The molecule has 204 valence electrons. The summed E-state index contributed by atoms with van der Waals surface area (Å²) >= 11 is 0. The lowest BCUT2D eigenvalue weighted by Gasteiger charge is -2.39. The van der Waals surface area contributed by atoms with Gasteiger partial charge in [0.15, 0.2) is 0 Å². The molecule has 0 spiro atoms. The van der Waals surface area contributed by atoms with Crippen molar-refractivity contribution in [1.29, 1.82) is 0 Å². The fraction of sp³-hybridized carbons (Fsp3) is 0.345. The van der Waals surface area contributed by atoms with Crippen molar-refractivity contribution in [2.24, 2.45) is 11.7 Å². The molecule has 1 amide bonds. The standard InChI is InChI=1S/C29H35FN2O5S/c1-22(2)17-18-32(38(35,36)26-15-13-25(30)14-16-26)21-27(33)29(37-28(31)34,19-23-9-5-3-6-10-23)20-24-11-7-4-8-12-24/h3-16,22,27,33H,17-21H2,1-2H3,(H2,31,34)/t27-/m1/s1. The summed E-state index contributed by atoms with van der Waals surface area (Å²) < 4.78 is 47.6. The van der Waals surface area contributed by atoms with Crippen LogP contribution in [-0.2, 0) is 27.6 Å². The van der Waals surface area contributed by atoms with Gasteiger partial charge in [-0.15, -0.1) is 0 Å². The van der Waals surface area contributed by atoms with E-state index < -0.39 is 33.6 Å². The van der Waals surface area contributed by atoms with Crippen molar-refractivity contribution >= 4 is 16.1 Å². The molecule has 0 aliphatic carbocycles. The maximum atomic E-state index is 13.6. The van der Waals surface area contributed by atoms with Gasteiger partial charge >= 0.3 is 6.09 Å². The van der Waals surface area contributed by atoms with Gasteiger partial charge in [0.05, 0.1) is 4.90 Å². The molecular weight excluding hydrogens is 507 g/mol. The van der Waals surface area contributed by atoms with E-state index >= 15 is 0 Å². The Morgan fingerprint density at radius 2 is 1.45 bits per heavy atom. The van der Waals surface area contributed by atoms with Gasteiger partial charge in [-0.25, -0.2) is 17.6 Å². The maximum Gasteiger partial charge on any atom is 0.405 e. The van der Waals surface area contributed by atoms with Crippen LogP contribution < -0.4 is 5.73 Å². The summed E-state index contributed by atoms with van der Waals surface area (Å²) in [4.78, 5) is 12.1. The lowest BCUT2D eigenvalue weighted by molar-refractivity contribution is -0.0835. The average Bonchev–Trinajstić information content (AvgIpc) is 2.87. The number of carbonyl (C=O) groups is 1. The highest BCUT2D eigenvalue weighted by Gasteiger charge is 2.44. The Bertz CT molecular complexity index is 1230. The predicted molar refractivity (Wildman–Crippen MR) is 144 cm³/mol. The third-order valence-corrected chi connectivity index (χ3v) is 8.27. The molecule has 0 aromatic heterocycles. The molecular formula is C29H35FN2O5S. The monoisotopic (exact) mass is 542 g/mol. The van der Waals surface area contributed by atoms with Crippen LogP contribution in [0.15, 0.2) is 89.8 Å². The van der Waals surface area contributed by atoms with Gasteiger partial charge < -0.3 is 15.6 Å². The number of halogens is 1. The zero-order valence-corrected chi connectivity index (χ0v) is 22.5. The fourth-order valence-electron chi connectivity index (χ4n) is 4.35. The van der Waals surface area contributed by atoms with E-state index in [0.29, 0.717) is 6.42 Å². The highest BCUT2D eigenvalue weighted by molar-refractivity contribution is 7.89. The number of nitrogens with zero attached hydrogens (tertiary/aromatic N) is 1. The average molecular weight is 543 g/mol. The Morgan fingerprint density at radius 3 is 1.89 bits per heavy atom. The number of ether oxygens (including phenoxy) is 1. The highest BCUT2D eigenvalue weighted by atomic mass is 32.2. The second-order valence-corrected chi connectivity index (χ2v) is 11.8. The molecule has 1 atom stereocenters. The Balaban J connectivity index is 2.05. The Labute approximate surface area is 224 Å². The van der Waals surface area contributed by atoms with E-state index in [4.69, 9.17) is 10.5 Å². The number of sulfonamides is 1. The summed E-state index contributed by atoms with van der Waals surface area (Å²) in [6.45, 7) is 3.67. The van der Waals surface area contributed by atoms with Crippen molar-refractivity contribution in [2.45, 2.75) is 49.7 Å². The van der Waals surface area contributed by atoms with Gasteiger partial charge in [-0.2, -0.15) is 4.31 Å². The van der Waals surface area contributed by atoms with E-state index in [-0.39, 0.29) is 36.7 Å². The molecule has 0 saturated heterocycles. The summed E-state index contributed by atoms with van der Waals surface area (Å²) in [6, 6.07) is 22.9. The number of hydrogen-bond acceptors (Lipinski definition) is 5. The SMILES string of the molecule is CC(C)CCN(C[C@@H](O)C(Cc1ccccc1)(Cc1ccccc1)OC(N)=O)S(=O)(=O)c1ccc(F)cc1. The van der Waals surface area contributed by atoms with E-state index in [1.807, 2.05) is 74.5 Å². The number of carbonyl (C=O) groups excluding carboxylic acids is 1. The van der Waals surface area contributed by atoms with Gasteiger partial charge in [-0.3, -0.25) is 0 Å². The summed E-state index contributed by atoms with van der Waals surface area (Å²) in [5, 5.41) is 11.7. The van der Waals surface area contributed by atoms with E-state index in [1.54, 1.807) is 0 Å². The number of amides is 1. The first-order chi connectivity index (χ1) is 18.0. The molecule has 38 heavy (non-hydrogen) atoms. The second kappa shape index (κ2) is 13.0. The van der Waals surface area contributed by atoms with Crippen LogP contribution in [0.2, 0.25) is 0 Å². The van der Waals surface area contributed by atoms with E-state index in [1.165, 1.54) is 16.4 Å². The van der Waals surface area contributed by atoms with Crippen molar-refractivity contribution in [3.05, 3.63) is 102 Å². The lowest BCUT2D eigenvalue weighted by atomic mass is 9.82. The molecule has 0 aliphatic rings. The number of hydrogen-bond donors (Lipinski definition) is 2. The minimum atomic E-state index is -4.11. The van der Waals surface area contributed by atoms with Crippen molar-refractivity contribution in [3.63, 3.8) is 0 Å². The number of aliphatic hydroxyl groups excluding tert-OH is 1. The molecule has 0 saturated carbocycles. The fourth-order valence-corrected chi connectivity index (χ4v) is 5.81. The van der Waals surface area contributed by atoms with Crippen molar-refractivity contribution < 1.29 is 27.4 Å². The number of primary amides is 1. The minimum absolute atomic E-state index is 0.0950. The van der Waals surface area contributed by atoms with Crippen LogP contribution in [0.4, 0.5) is 9.18 Å². The van der Waals surface area contributed by atoms with Gasteiger partial charge in [0.25, 0.3) is 0 Å². The Kier molecular flexibility index (Phi) is 10.0. The smallest absolute Gasteiger partial charge is 0.405 e. The molecule has 0 radical (unpaired) electrons. The third kappa shape index (κ3) is 7.86. The third-order valence-electron chi connectivity index (χ3n) is 6.39. The van der Waals surface area contributed by atoms with Crippen LogP contribution in [0.1, 0.15) is 31.4 Å². The van der Waals surface area contributed by atoms with Crippen molar-refractivity contribution in [3.8, 4) is 0 Å². The molecule has 0 unspecified atom stereocenters. The topological polar surface area (TPSA) is 110 Å². The van der Waals surface area contributed by atoms with Gasteiger partial charge in [0, 0.05) is 25.9 Å². The first kappa shape index (κ1) is 29.3. The zero-order valence-electron chi connectivity index (χ0n) is 21.7. The van der Waals surface area contributed by atoms with Gasteiger partial charge in [0.1, 0.15) is 17.5 Å². The van der Waals surface area contributed by atoms with Crippen LogP contribution in [0.5, 0.6) is 0 Å². The van der Waals surface area contributed by atoms with E-state index in [2.05, 4.69) is 0 Å². The molecule has 3 N–H and O–H groups in total. The number of benzene rings is 3. The quantitative estimate of drug-likeness (QED) is 0.330. The molecule has 0 heterocycles. The highest BCUT2D eigenvalue weighted by Crippen LogP contribution is 2.30. The largest absolute Gasteiger partial charge is 0.440 e. The molecule has 3 aromatic carbocycles. The Morgan fingerprint density at radius 1 is 0.947 bits per heavy atom. The molecule has 0 bridgehead atoms. The molecule has 7 nitrogen and oxygen atoms in total. The molecule has 0 fully saturated rings. The normalized spacial score (nSPS) is 13.0. The molecule has 3 aromatic rings. The lowest BCUT2D eigenvalue weighted by Crippen LogP contribution is -2.56. The van der Waals surface area contributed by atoms with Crippen LogP contribution in [0.3, 0.4) is 0 Å². The van der Waals surface area contributed by atoms with Crippen LogP contribution in [-0.4, -0.2) is 48.7 Å². The molecule has 9 heteroatoms. The van der Waals surface area contributed by atoms with Gasteiger partial charge in [0.2, 0.25) is 10.0 Å². The zero-order chi connectivity index (χ0) is 27.8. The second-order valence-electron chi connectivity index (χ2n) is 9.83. The van der Waals surface area contributed by atoms with Crippen LogP contribution in [0.25, 0.3) is 0 Å². The van der Waals surface area contributed by atoms with E-state index in [0.717, 1.165) is 23.3 Å². The van der Waals surface area contributed by atoms with Gasteiger partial charge in [-0.1, -0.05) is 74.5 Å². The van der Waals surface area contributed by atoms with Crippen LogP contribution in [0, 0.1) is 11.7 Å². The predicted octanol–water partition coefficient (Wildman–Crippen LogP) is 4.54. The van der Waals surface area contributed by atoms with Gasteiger partial charge in [-0.05, 0) is 47.7 Å². The summed E-state index contributed by atoms with van der Waals surface area (Å²) in [5.74, 6) is -0.379. The van der Waals surface area contributed by atoms with Crippen LogP contribution >= 0.6 is 0 Å². The maximum absolute atomic E-state index is 13.6. The number of nitrogens with two attached hydrogens (primary N) is 1. The number of aliphatic hydroxyl groups is 1. The summed E-state index contributed by atoms with van der Waals surface area (Å²) in [7, 11) is -4.11. The first-order valence-electron chi connectivity index (χ1n) is 12.5. The molecule has 3 rings (SSSR count). The number of rotatable bonds is 13.